The molecule has 1 fully saturated rings. The predicted octanol–water partition coefficient (Wildman–Crippen LogP) is 5.62. The number of urea groups is 1. The van der Waals surface area contributed by atoms with Gasteiger partial charge in [0.05, 0.1) is 24.9 Å². The van der Waals surface area contributed by atoms with Crippen molar-refractivity contribution < 1.29 is 29.0 Å². The highest BCUT2D eigenvalue weighted by molar-refractivity contribution is 7.13. The molecule has 1 aromatic carbocycles. The number of carboxylic acid groups (broad SMARTS) is 1. The molecule has 0 bridgehead atoms. The molecule has 0 saturated heterocycles. The largest absolute Gasteiger partial charge is 0.495 e. The summed E-state index contributed by atoms with van der Waals surface area (Å²) >= 11 is 8.15. The van der Waals surface area contributed by atoms with Crippen LogP contribution in [0.5, 0.6) is 11.5 Å². The number of carbonyl (C=O) groups excluding carboxylic acids is 2. The zero-order chi connectivity index (χ0) is 32.3. The summed E-state index contributed by atoms with van der Waals surface area (Å²) in [6.45, 7) is 4.69. The molecule has 1 aliphatic carbocycles. The molecule has 3 atom stereocenters. The second-order valence-electron chi connectivity index (χ2n) is 11.8. The molecule has 3 amide bonds. The average molecular weight is 656 g/mol. The fourth-order valence-electron chi connectivity index (χ4n) is 5.32. The van der Waals surface area contributed by atoms with Gasteiger partial charge in [0.15, 0.2) is 0 Å². The summed E-state index contributed by atoms with van der Waals surface area (Å²) in [5, 5.41) is 19.2. The summed E-state index contributed by atoms with van der Waals surface area (Å²) in [5.41, 5.74) is 0.615. The summed E-state index contributed by atoms with van der Waals surface area (Å²) in [6, 6.07) is 3.87. The number of nitrogens with one attached hydrogen (secondary N) is 2. The molecule has 240 valence electrons. The third-order valence-electron chi connectivity index (χ3n) is 8.25. The Morgan fingerprint density at radius 2 is 2.04 bits per heavy atom. The summed E-state index contributed by atoms with van der Waals surface area (Å²) in [4.78, 5) is 49.8. The van der Waals surface area contributed by atoms with E-state index in [1.54, 1.807) is 25.2 Å². The highest BCUT2D eigenvalue weighted by Crippen LogP contribution is 2.45. The van der Waals surface area contributed by atoms with E-state index in [4.69, 9.17) is 31.0 Å². The maximum Gasteiger partial charge on any atom is 0.330 e. The Bertz CT molecular complexity index is 1630. The summed E-state index contributed by atoms with van der Waals surface area (Å²) in [5.74, 6) is -0.792. The van der Waals surface area contributed by atoms with Crippen molar-refractivity contribution in [2.45, 2.75) is 63.5 Å². The monoisotopic (exact) mass is 655 g/mol. The number of allylic oxidation sites excluding steroid dienone is 1. The number of halogens is 1. The number of hydrogen-bond acceptors (Lipinski definition) is 8. The van der Waals surface area contributed by atoms with Gasteiger partial charge in [0.2, 0.25) is 5.91 Å². The number of aromatic nitrogens is 2. The Morgan fingerprint density at radius 3 is 2.76 bits per heavy atom. The van der Waals surface area contributed by atoms with Gasteiger partial charge in [0.25, 0.3) is 0 Å². The van der Waals surface area contributed by atoms with E-state index in [1.165, 1.54) is 23.3 Å². The molecule has 5 rings (SSSR count). The highest BCUT2D eigenvalue weighted by Gasteiger charge is 2.60. The Hall–Kier alpha value is -3.90. The molecule has 2 aliphatic rings. The molecule has 0 radical (unpaired) electrons. The van der Waals surface area contributed by atoms with E-state index in [2.05, 4.69) is 24.5 Å². The number of fused-ring (bicyclic) bond motifs is 2. The van der Waals surface area contributed by atoms with Crippen molar-refractivity contribution in [1.82, 2.24) is 25.5 Å². The number of amides is 3. The first-order valence-electron chi connectivity index (χ1n) is 15.0. The normalized spacial score (nSPS) is 23.1. The SMILES string of the molecule is COc1ccc2c(OCC[C@@H]3NC(=O)N(C)CCCC/C=C\[C@@H]4C[C@@]4(C(=O)O)NC3=O)cc(-c3nc(C(C)C)cs3)nc2c1Cl. The lowest BCUT2D eigenvalue weighted by molar-refractivity contribution is -0.143. The predicted molar refractivity (Wildman–Crippen MR) is 173 cm³/mol. The lowest BCUT2D eigenvalue weighted by Crippen LogP contribution is -2.55. The van der Waals surface area contributed by atoms with Gasteiger partial charge in [-0.3, -0.25) is 4.79 Å². The zero-order valence-electron chi connectivity index (χ0n) is 25.8. The number of nitrogens with zero attached hydrogens (tertiary/aromatic N) is 3. The van der Waals surface area contributed by atoms with Crippen LogP contribution >= 0.6 is 22.9 Å². The van der Waals surface area contributed by atoms with Crippen molar-refractivity contribution in [2.75, 3.05) is 27.3 Å². The van der Waals surface area contributed by atoms with Crippen molar-refractivity contribution in [3.8, 4) is 22.2 Å². The van der Waals surface area contributed by atoms with Gasteiger partial charge in [-0.25, -0.2) is 19.6 Å². The number of methoxy groups -OCH3 is 1. The van der Waals surface area contributed by atoms with E-state index in [0.717, 1.165) is 25.0 Å². The number of hydrogen-bond donors (Lipinski definition) is 3. The van der Waals surface area contributed by atoms with Crippen molar-refractivity contribution in [2.24, 2.45) is 5.92 Å². The van der Waals surface area contributed by atoms with Gasteiger partial charge in [-0.1, -0.05) is 37.6 Å². The van der Waals surface area contributed by atoms with E-state index < -0.39 is 29.5 Å². The molecule has 11 nitrogen and oxygen atoms in total. The highest BCUT2D eigenvalue weighted by atomic mass is 35.5. The number of ether oxygens (including phenoxy) is 2. The van der Waals surface area contributed by atoms with Crippen molar-refractivity contribution >= 4 is 51.7 Å². The Kier molecular flexibility index (Phi) is 9.83. The van der Waals surface area contributed by atoms with Gasteiger partial charge in [-0.05, 0) is 43.7 Å². The van der Waals surface area contributed by atoms with Crippen LogP contribution in [0.1, 0.15) is 57.6 Å². The third-order valence-corrected chi connectivity index (χ3v) is 9.50. The zero-order valence-corrected chi connectivity index (χ0v) is 27.3. The fourth-order valence-corrected chi connectivity index (χ4v) is 6.55. The van der Waals surface area contributed by atoms with E-state index in [9.17, 15) is 19.5 Å². The molecule has 0 spiro atoms. The Morgan fingerprint density at radius 1 is 1.24 bits per heavy atom. The van der Waals surface area contributed by atoms with Gasteiger partial charge in [0, 0.05) is 42.8 Å². The van der Waals surface area contributed by atoms with Crippen LogP contribution in [0.15, 0.2) is 35.7 Å². The second kappa shape index (κ2) is 13.6. The maximum atomic E-state index is 13.5. The Balaban J connectivity index is 1.42. The van der Waals surface area contributed by atoms with Crippen LogP contribution in [0.25, 0.3) is 21.6 Å². The van der Waals surface area contributed by atoms with Crippen LogP contribution in [0, 0.1) is 5.92 Å². The average Bonchev–Trinajstić information content (AvgIpc) is 3.47. The minimum Gasteiger partial charge on any atom is -0.495 e. The lowest BCUT2D eigenvalue weighted by Gasteiger charge is -2.25. The van der Waals surface area contributed by atoms with Crippen LogP contribution < -0.4 is 20.1 Å². The smallest absolute Gasteiger partial charge is 0.330 e. The van der Waals surface area contributed by atoms with Crippen molar-refractivity contribution in [1.29, 1.82) is 0 Å². The van der Waals surface area contributed by atoms with Gasteiger partial charge < -0.3 is 30.1 Å². The first-order valence-corrected chi connectivity index (χ1v) is 16.3. The molecule has 3 heterocycles. The number of carbonyl (C=O) groups is 3. The second-order valence-corrected chi connectivity index (χ2v) is 13.0. The minimum absolute atomic E-state index is 0.0306. The molecule has 13 heteroatoms. The number of thiazole rings is 1. The quantitative estimate of drug-likeness (QED) is 0.265. The van der Waals surface area contributed by atoms with Gasteiger partial charge in [-0.15, -0.1) is 11.3 Å². The standard InChI is InChI=1S/C32H38ClN5O6S/c1-18(2)23-17-45-29(35-23)22-15-25(20-10-11-24(43-4)26(33)27(20)34-22)44-14-12-21-28(39)37-32(30(40)41)16-19(32)9-7-5-6-8-13-38(3)31(42)36-21/h7,9-11,15,17-19,21H,5-6,8,12-14,16H2,1-4H3,(H,36,42)(H,37,39)(H,40,41)/b9-7-/t19-,21+,32-/m1/s1. The number of rotatable bonds is 8. The molecular formula is C32H38ClN5O6S. The lowest BCUT2D eigenvalue weighted by atomic mass is 10.1. The Labute approximate surface area is 271 Å². The maximum absolute atomic E-state index is 13.5. The summed E-state index contributed by atoms with van der Waals surface area (Å²) in [7, 11) is 3.20. The minimum atomic E-state index is -1.39. The van der Waals surface area contributed by atoms with Gasteiger partial charge >= 0.3 is 12.0 Å². The first kappa shape index (κ1) is 32.5. The molecule has 1 aliphatic heterocycles. The van der Waals surface area contributed by atoms with Crippen molar-refractivity contribution in [3.63, 3.8) is 0 Å². The molecule has 45 heavy (non-hydrogen) atoms. The van der Waals surface area contributed by atoms with Crippen LogP contribution in [0.2, 0.25) is 5.02 Å². The molecule has 3 aromatic rings. The summed E-state index contributed by atoms with van der Waals surface area (Å²) < 4.78 is 11.7. The van der Waals surface area contributed by atoms with Gasteiger partial charge in [0.1, 0.15) is 38.8 Å². The first-order chi connectivity index (χ1) is 21.5. The molecule has 1 saturated carbocycles. The van der Waals surface area contributed by atoms with E-state index in [1.807, 2.05) is 17.5 Å². The topological polar surface area (TPSA) is 143 Å². The van der Waals surface area contributed by atoms with Crippen LogP contribution in [0.4, 0.5) is 4.79 Å². The molecule has 3 N–H and O–H groups in total. The third kappa shape index (κ3) is 7.01. The summed E-state index contributed by atoms with van der Waals surface area (Å²) in [6.07, 6.45) is 6.64. The van der Waals surface area contributed by atoms with Gasteiger partial charge in [-0.2, -0.15) is 0 Å². The number of carboxylic acids is 1. The number of aliphatic carboxylic acids is 1. The number of benzene rings is 1. The van der Waals surface area contributed by atoms with E-state index in [-0.39, 0.29) is 24.9 Å². The van der Waals surface area contributed by atoms with E-state index >= 15 is 0 Å². The molecule has 0 unspecified atom stereocenters. The van der Waals surface area contributed by atoms with Crippen molar-refractivity contribution in [3.05, 3.63) is 46.4 Å². The fraction of sp³-hybridized carbons (Fsp3) is 0.469. The van der Waals surface area contributed by atoms with Crippen LogP contribution in [-0.2, 0) is 9.59 Å². The molecular weight excluding hydrogens is 618 g/mol. The number of pyridine rings is 1. The van der Waals surface area contributed by atoms with Crippen LogP contribution in [0.3, 0.4) is 0 Å². The van der Waals surface area contributed by atoms with E-state index in [0.29, 0.717) is 51.1 Å². The van der Waals surface area contributed by atoms with Crippen LogP contribution in [-0.4, -0.2) is 76.8 Å². The molecule has 2 aromatic heterocycles.